The van der Waals surface area contributed by atoms with E-state index in [1.165, 1.54) is 0 Å². The highest BCUT2D eigenvalue weighted by Gasteiger charge is 2.29. The summed E-state index contributed by atoms with van der Waals surface area (Å²) in [5.74, 6) is 0.242. The third kappa shape index (κ3) is 5.10. The van der Waals surface area contributed by atoms with Gasteiger partial charge >= 0.3 is 0 Å². The first-order valence-corrected chi connectivity index (χ1v) is 10.4. The number of unbranched alkanes of at least 4 members (excludes halogenated alkanes) is 1. The van der Waals surface area contributed by atoms with E-state index in [1.807, 2.05) is 43.3 Å². The first kappa shape index (κ1) is 20.3. The third-order valence-corrected chi connectivity index (χ3v) is 5.67. The lowest BCUT2D eigenvalue weighted by Crippen LogP contribution is -2.48. The summed E-state index contributed by atoms with van der Waals surface area (Å²) < 4.78 is 0. The molecule has 3 rings (SSSR count). The number of rotatable bonds is 7. The molecular weight excluding hydrogens is 350 g/mol. The molecule has 0 aliphatic carbocycles. The zero-order chi connectivity index (χ0) is 19.9. The number of carbonyl (C=O) groups excluding carboxylic acids is 2. The fourth-order valence-corrected chi connectivity index (χ4v) is 3.76. The number of piperidine rings is 1. The lowest BCUT2D eigenvalue weighted by molar-refractivity contribution is -0.127. The summed E-state index contributed by atoms with van der Waals surface area (Å²) in [4.78, 5) is 27.1. The van der Waals surface area contributed by atoms with E-state index >= 15 is 0 Å². The molecule has 1 atom stereocenters. The molecule has 0 bridgehead atoms. The standard InChI is InChI=1S/C23H31N3O2/c1-3-4-13-24-23(28)19-11-14-26(15-12-19)17(2)22(27)25-21-10-9-18-7-5-6-8-20(18)16-21/h5-10,16-17,19H,3-4,11-15H2,1-2H3,(H,24,28)(H,25,27)/t17-/m1/s1. The fraction of sp³-hybridized carbons (Fsp3) is 0.478. The van der Waals surface area contributed by atoms with Crippen molar-refractivity contribution in [1.82, 2.24) is 10.2 Å². The quantitative estimate of drug-likeness (QED) is 0.717. The van der Waals surface area contributed by atoms with Crippen LogP contribution in [0.25, 0.3) is 10.8 Å². The minimum atomic E-state index is -0.212. The first-order chi connectivity index (χ1) is 13.6. The summed E-state index contributed by atoms with van der Waals surface area (Å²) in [5.41, 5.74) is 0.820. The minimum absolute atomic E-state index is 0.00104. The molecule has 0 radical (unpaired) electrons. The molecule has 5 nitrogen and oxygen atoms in total. The highest BCUT2D eigenvalue weighted by atomic mass is 16.2. The number of hydrogen-bond acceptors (Lipinski definition) is 3. The summed E-state index contributed by atoms with van der Waals surface area (Å²) in [6.45, 7) is 6.38. The minimum Gasteiger partial charge on any atom is -0.356 e. The molecule has 2 aromatic carbocycles. The average molecular weight is 382 g/mol. The highest BCUT2D eigenvalue weighted by molar-refractivity contribution is 5.97. The molecule has 1 fully saturated rings. The van der Waals surface area contributed by atoms with Gasteiger partial charge in [-0.1, -0.05) is 43.7 Å². The number of nitrogens with zero attached hydrogens (tertiary/aromatic N) is 1. The van der Waals surface area contributed by atoms with Gasteiger partial charge in [0.05, 0.1) is 6.04 Å². The summed E-state index contributed by atoms with van der Waals surface area (Å²) in [5, 5.41) is 8.34. The number of nitrogens with one attached hydrogen (secondary N) is 2. The summed E-state index contributed by atoms with van der Waals surface area (Å²) in [6, 6.07) is 13.9. The molecule has 0 unspecified atom stereocenters. The number of likely N-dealkylation sites (tertiary alicyclic amines) is 1. The number of fused-ring (bicyclic) bond motifs is 1. The average Bonchev–Trinajstić information content (AvgIpc) is 2.73. The van der Waals surface area contributed by atoms with E-state index in [9.17, 15) is 9.59 Å². The van der Waals surface area contributed by atoms with Crippen molar-refractivity contribution < 1.29 is 9.59 Å². The van der Waals surface area contributed by atoms with E-state index in [1.54, 1.807) is 0 Å². The Hall–Kier alpha value is -2.40. The highest BCUT2D eigenvalue weighted by Crippen LogP contribution is 2.22. The second-order valence-electron chi connectivity index (χ2n) is 7.68. The predicted octanol–water partition coefficient (Wildman–Crippen LogP) is 3.80. The molecule has 1 aliphatic rings. The Morgan fingerprint density at radius 2 is 1.82 bits per heavy atom. The molecule has 2 N–H and O–H groups in total. The number of hydrogen-bond donors (Lipinski definition) is 2. The van der Waals surface area contributed by atoms with E-state index in [0.29, 0.717) is 0 Å². The maximum absolute atomic E-state index is 12.7. The summed E-state index contributed by atoms with van der Waals surface area (Å²) in [6.07, 6.45) is 3.73. The van der Waals surface area contributed by atoms with Crippen molar-refractivity contribution in [1.29, 1.82) is 0 Å². The van der Waals surface area contributed by atoms with Crippen LogP contribution < -0.4 is 10.6 Å². The summed E-state index contributed by atoms with van der Waals surface area (Å²) in [7, 11) is 0. The number of benzene rings is 2. The van der Waals surface area contributed by atoms with Gasteiger partial charge in [-0.2, -0.15) is 0 Å². The number of carbonyl (C=O) groups is 2. The van der Waals surface area contributed by atoms with E-state index in [4.69, 9.17) is 0 Å². The van der Waals surface area contributed by atoms with Gasteiger partial charge in [0.25, 0.3) is 0 Å². The van der Waals surface area contributed by atoms with Crippen molar-refractivity contribution in [2.45, 2.75) is 45.6 Å². The van der Waals surface area contributed by atoms with Gasteiger partial charge in [0.2, 0.25) is 11.8 Å². The van der Waals surface area contributed by atoms with Crippen LogP contribution >= 0.6 is 0 Å². The lowest BCUT2D eigenvalue weighted by Gasteiger charge is -2.34. The van der Waals surface area contributed by atoms with Crippen molar-refractivity contribution in [3.63, 3.8) is 0 Å². The smallest absolute Gasteiger partial charge is 0.241 e. The van der Waals surface area contributed by atoms with Crippen LogP contribution in [0, 0.1) is 5.92 Å². The van der Waals surface area contributed by atoms with Gasteiger partial charge in [-0.15, -0.1) is 0 Å². The Morgan fingerprint density at radius 3 is 2.54 bits per heavy atom. The Bertz CT molecular complexity index is 812. The van der Waals surface area contributed by atoms with Gasteiger partial charge < -0.3 is 10.6 Å². The SMILES string of the molecule is CCCCNC(=O)C1CCN([C@H](C)C(=O)Nc2ccc3ccccc3c2)CC1. The van der Waals surface area contributed by atoms with Crippen molar-refractivity contribution in [3.05, 3.63) is 42.5 Å². The second kappa shape index (κ2) is 9.69. The lowest BCUT2D eigenvalue weighted by atomic mass is 9.95. The van der Waals surface area contributed by atoms with Crippen LogP contribution in [0.1, 0.15) is 39.5 Å². The van der Waals surface area contributed by atoms with Gasteiger partial charge in [-0.25, -0.2) is 0 Å². The maximum Gasteiger partial charge on any atom is 0.241 e. The summed E-state index contributed by atoms with van der Waals surface area (Å²) >= 11 is 0. The van der Waals surface area contributed by atoms with E-state index < -0.39 is 0 Å². The second-order valence-corrected chi connectivity index (χ2v) is 7.68. The van der Waals surface area contributed by atoms with Gasteiger partial charge in [0.15, 0.2) is 0 Å². The fourth-order valence-electron chi connectivity index (χ4n) is 3.76. The molecule has 5 heteroatoms. The van der Waals surface area contributed by atoms with E-state index in [-0.39, 0.29) is 23.8 Å². The Labute approximate surface area is 167 Å². The van der Waals surface area contributed by atoms with Gasteiger partial charge in [-0.05, 0) is 62.2 Å². The van der Waals surface area contributed by atoms with E-state index in [2.05, 4.69) is 28.5 Å². The van der Waals surface area contributed by atoms with Crippen LogP contribution in [-0.4, -0.2) is 42.4 Å². The monoisotopic (exact) mass is 381 g/mol. The van der Waals surface area contributed by atoms with Crippen LogP contribution in [0.3, 0.4) is 0 Å². The normalized spacial score (nSPS) is 16.6. The van der Waals surface area contributed by atoms with Crippen LogP contribution in [0.5, 0.6) is 0 Å². The van der Waals surface area contributed by atoms with Crippen molar-refractivity contribution in [2.75, 3.05) is 25.0 Å². The van der Waals surface area contributed by atoms with Crippen molar-refractivity contribution in [2.24, 2.45) is 5.92 Å². The molecule has 0 aromatic heterocycles. The molecule has 1 aliphatic heterocycles. The largest absolute Gasteiger partial charge is 0.356 e. The Morgan fingerprint density at radius 1 is 1.11 bits per heavy atom. The molecule has 2 aromatic rings. The van der Waals surface area contributed by atoms with E-state index in [0.717, 1.165) is 61.8 Å². The van der Waals surface area contributed by atoms with Crippen LogP contribution in [-0.2, 0) is 9.59 Å². The zero-order valence-corrected chi connectivity index (χ0v) is 16.9. The number of anilines is 1. The van der Waals surface area contributed by atoms with Gasteiger partial charge in [0.1, 0.15) is 0 Å². The Balaban J connectivity index is 1.50. The molecular formula is C23H31N3O2. The molecule has 2 amide bonds. The van der Waals surface area contributed by atoms with Crippen LogP contribution in [0.15, 0.2) is 42.5 Å². The third-order valence-electron chi connectivity index (χ3n) is 5.67. The van der Waals surface area contributed by atoms with Crippen molar-refractivity contribution >= 4 is 28.3 Å². The number of amides is 2. The molecule has 1 heterocycles. The van der Waals surface area contributed by atoms with Crippen molar-refractivity contribution in [3.8, 4) is 0 Å². The molecule has 150 valence electrons. The van der Waals surface area contributed by atoms with Gasteiger partial charge in [-0.3, -0.25) is 14.5 Å². The van der Waals surface area contributed by atoms with Crippen LogP contribution in [0.4, 0.5) is 5.69 Å². The first-order valence-electron chi connectivity index (χ1n) is 10.4. The van der Waals surface area contributed by atoms with Crippen LogP contribution in [0.2, 0.25) is 0 Å². The molecule has 28 heavy (non-hydrogen) atoms. The zero-order valence-electron chi connectivity index (χ0n) is 16.9. The Kier molecular flexibility index (Phi) is 7.04. The predicted molar refractivity (Wildman–Crippen MR) is 114 cm³/mol. The van der Waals surface area contributed by atoms with Gasteiger partial charge in [0, 0.05) is 18.2 Å². The topological polar surface area (TPSA) is 61.4 Å². The molecule has 0 saturated carbocycles. The molecule has 0 spiro atoms. The maximum atomic E-state index is 12.7. The molecule has 1 saturated heterocycles.